The molecule has 120 valence electrons. The zero-order valence-electron chi connectivity index (χ0n) is 12.8. The van der Waals surface area contributed by atoms with Crippen LogP contribution in [0.2, 0.25) is 0 Å². The van der Waals surface area contributed by atoms with E-state index in [1.165, 1.54) is 7.11 Å². The molecular weight excluding hydrogens is 362 g/mol. The van der Waals surface area contributed by atoms with Crippen LogP contribution in [0.1, 0.15) is 15.9 Å². The first-order chi connectivity index (χ1) is 11.0. The molecule has 0 saturated heterocycles. The maximum atomic E-state index is 11.9. The van der Waals surface area contributed by atoms with Gasteiger partial charge in [-0.15, -0.1) is 0 Å². The molecule has 0 atom stereocenters. The number of aryl methyl sites for hydroxylation is 1. The van der Waals surface area contributed by atoms with Gasteiger partial charge in [0.1, 0.15) is 5.75 Å². The van der Waals surface area contributed by atoms with Crippen molar-refractivity contribution in [3.8, 4) is 5.75 Å². The number of hydrogen-bond acceptors (Lipinski definition) is 4. The smallest absolute Gasteiger partial charge is 0.337 e. The minimum atomic E-state index is -0.457. The fourth-order valence-corrected chi connectivity index (χ4v) is 2.51. The van der Waals surface area contributed by atoms with Crippen LogP contribution in [0.3, 0.4) is 0 Å². The van der Waals surface area contributed by atoms with Crippen LogP contribution in [0.15, 0.2) is 46.9 Å². The highest BCUT2D eigenvalue weighted by Gasteiger charge is 2.09. The molecule has 0 spiro atoms. The molecule has 2 aromatic rings. The SMILES string of the molecule is COC(=O)c1cccc(NC(=O)COc2ccc(C)cc2Br)c1. The lowest BCUT2D eigenvalue weighted by Crippen LogP contribution is -2.20. The summed E-state index contributed by atoms with van der Waals surface area (Å²) < 4.78 is 10.9. The van der Waals surface area contributed by atoms with Crippen LogP contribution in [0, 0.1) is 6.92 Å². The van der Waals surface area contributed by atoms with Crippen LogP contribution in [0.5, 0.6) is 5.75 Å². The highest BCUT2D eigenvalue weighted by atomic mass is 79.9. The molecule has 0 heterocycles. The van der Waals surface area contributed by atoms with Crippen LogP contribution in [-0.2, 0) is 9.53 Å². The molecule has 0 aromatic heterocycles. The number of rotatable bonds is 5. The molecule has 0 aliphatic carbocycles. The minimum absolute atomic E-state index is 0.135. The predicted octanol–water partition coefficient (Wildman–Crippen LogP) is 3.56. The zero-order chi connectivity index (χ0) is 16.8. The highest BCUT2D eigenvalue weighted by molar-refractivity contribution is 9.10. The Morgan fingerprint density at radius 1 is 1.17 bits per heavy atom. The van der Waals surface area contributed by atoms with Gasteiger partial charge in [0, 0.05) is 5.69 Å². The number of hydrogen-bond donors (Lipinski definition) is 1. The number of methoxy groups -OCH3 is 1. The first kappa shape index (κ1) is 17.0. The van der Waals surface area contributed by atoms with Gasteiger partial charge in [-0.1, -0.05) is 12.1 Å². The first-order valence-electron chi connectivity index (χ1n) is 6.87. The summed E-state index contributed by atoms with van der Waals surface area (Å²) in [5.41, 5.74) is 1.96. The van der Waals surface area contributed by atoms with Crippen LogP contribution in [0.25, 0.3) is 0 Å². The standard InChI is InChI=1S/C17H16BrNO4/c1-11-6-7-15(14(18)8-11)23-10-16(20)19-13-5-3-4-12(9-13)17(21)22-2/h3-9H,10H2,1-2H3,(H,19,20). The van der Waals surface area contributed by atoms with E-state index in [4.69, 9.17) is 4.74 Å². The third kappa shape index (κ3) is 4.82. The van der Waals surface area contributed by atoms with E-state index in [0.717, 1.165) is 10.0 Å². The molecule has 0 radical (unpaired) electrons. The normalized spacial score (nSPS) is 10.0. The monoisotopic (exact) mass is 377 g/mol. The number of amides is 1. The van der Waals surface area contributed by atoms with Crippen molar-refractivity contribution in [3.05, 3.63) is 58.1 Å². The molecule has 1 amide bonds. The Hall–Kier alpha value is -2.34. The van der Waals surface area contributed by atoms with E-state index in [-0.39, 0.29) is 12.5 Å². The molecule has 5 nitrogen and oxygen atoms in total. The van der Waals surface area contributed by atoms with Gasteiger partial charge >= 0.3 is 5.97 Å². The van der Waals surface area contributed by atoms with Gasteiger partial charge in [-0.25, -0.2) is 4.79 Å². The molecule has 2 rings (SSSR count). The number of benzene rings is 2. The van der Waals surface area contributed by atoms with Gasteiger partial charge in [-0.2, -0.15) is 0 Å². The van der Waals surface area contributed by atoms with Crippen molar-refractivity contribution in [2.24, 2.45) is 0 Å². The summed E-state index contributed by atoms with van der Waals surface area (Å²) in [6, 6.07) is 12.1. The number of nitrogens with one attached hydrogen (secondary N) is 1. The minimum Gasteiger partial charge on any atom is -0.483 e. The van der Waals surface area contributed by atoms with E-state index in [1.54, 1.807) is 30.3 Å². The van der Waals surface area contributed by atoms with Crippen molar-refractivity contribution in [1.82, 2.24) is 0 Å². The van der Waals surface area contributed by atoms with Crippen LogP contribution in [0.4, 0.5) is 5.69 Å². The van der Waals surface area contributed by atoms with Crippen molar-refractivity contribution >= 4 is 33.5 Å². The van der Waals surface area contributed by atoms with E-state index < -0.39 is 5.97 Å². The summed E-state index contributed by atoms with van der Waals surface area (Å²) in [4.78, 5) is 23.4. The lowest BCUT2D eigenvalue weighted by atomic mass is 10.2. The summed E-state index contributed by atoms with van der Waals surface area (Å²) in [6.45, 7) is 1.83. The molecular formula is C17H16BrNO4. The van der Waals surface area contributed by atoms with Crippen molar-refractivity contribution in [2.45, 2.75) is 6.92 Å². The summed E-state index contributed by atoms with van der Waals surface area (Å²) in [6.07, 6.45) is 0. The number of carbonyl (C=O) groups is 2. The Bertz CT molecular complexity index is 730. The summed E-state index contributed by atoms with van der Waals surface area (Å²) in [5, 5.41) is 2.68. The summed E-state index contributed by atoms with van der Waals surface area (Å²) >= 11 is 3.39. The fraction of sp³-hybridized carbons (Fsp3) is 0.176. The molecule has 6 heteroatoms. The van der Waals surface area contributed by atoms with Crippen molar-refractivity contribution in [3.63, 3.8) is 0 Å². The van der Waals surface area contributed by atoms with Crippen LogP contribution >= 0.6 is 15.9 Å². The zero-order valence-corrected chi connectivity index (χ0v) is 14.3. The second kappa shape index (κ2) is 7.78. The quantitative estimate of drug-likeness (QED) is 0.809. The average Bonchev–Trinajstić information content (AvgIpc) is 2.53. The van der Waals surface area contributed by atoms with Crippen molar-refractivity contribution in [1.29, 1.82) is 0 Å². The van der Waals surface area contributed by atoms with Crippen LogP contribution < -0.4 is 10.1 Å². The number of ether oxygens (including phenoxy) is 2. The van der Waals surface area contributed by atoms with Gasteiger partial charge in [0.05, 0.1) is 17.1 Å². The molecule has 0 unspecified atom stereocenters. The molecule has 2 aromatic carbocycles. The first-order valence-corrected chi connectivity index (χ1v) is 7.66. The van der Waals surface area contributed by atoms with Gasteiger partial charge < -0.3 is 14.8 Å². The second-order valence-electron chi connectivity index (χ2n) is 4.84. The van der Waals surface area contributed by atoms with Gasteiger partial charge in [-0.3, -0.25) is 4.79 Å². The number of carbonyl (C=O) groups excluding carboxylic acids is 2. The molecule has 0 fully saturated rings. The van der Waals surface area contributed by atoms with E-state index in [1.807, 2.05) is 19.1 Å². The van der Waals surface area contributed by atoms with E-state index in [9.17, 15) is 9.59 Å². The van der Waals surface area contributed by atoms with Gasteiger partial charge in [0.25, 0.3) is 5.91 Å². The molecule has 0 aliphatic rings. The van der Waals surface area contributed by atoms with E-state index >= 15 is 0 Å². The predicted molar refractivity (Wildman–Crippen MR) is 90.8 cm³/mol. The molecule has 23 heavy (non-hydrogen) atoms. The Kier molecular flexibility index (Phi) is 5.76. The highest BCUT2D eigenvalue weighted by Crippen LogP contribution is 2.25. The average molecular weight is 378 g/mol. The molecule has 1 N–H and O–H groups in total. The van der Waals surface area contributed by atoms with E-state index in [0.29, 0.717) is 17.0 Å². The van der Waals surface area contributed by atoms with Gasteiger partial charge in [0.15, 0.2) is 6.61 Å². The Morgan fingerprint density at radius 3 is 2.65 bits per heavy atom. The molecule has 0 aliphatic heterocycles. The lowest BCUT2D eigenvalue weighted by molar-refractivity contribution is -0.118. The van der Waals surface area contributed by atoms with Gasteiger partial charge in [0.2, 0.25) is 0 Å². The number of halogens is 1. The Labute approximate surface area is 142 Å². The molecule has 0 saturated carbocycles. The second-order valence-corrected chi connectivity index (χ2v) is 5.70. The lowest BCUT2D eigenvalue weighted by Gasteiger charge is -2.10. The van der Waals surface area contributed by atoms with E-state index in [2.05, 4.69) is 26.0 Å². The third-order valence-electron chi connectivity index (χ3n) is 3.01. The largest absolute Gasteiger partial charge is 0.483 e. The van der Waals surface area contributed by atoms with Crippen molar-refractivity contribution in [2.75, 3.05) is 19.0 Å². The van der Waals surface area contributed by atoms with Crippen LogP contribution in [-0.4, -0.2) is 25.6 Å². The third-order valence-corrected chi connectivity index (χ3v) is 3.63. The number of esters is 1. The maximum absolute atomic E-state index is 11.9. The maximum Gasteiger partial charge on any atom is 0.337 e. The summed E-state index contributed by atoms with van der Waals surface area (Å²) in [5.74, 6) is -0.186. The Morgan fingerprint density at radius 2 is 1.96 bits per heavy atom. The number of anilines is 1. The van der Waals surface area contributed by atoms with Gasteiger partial charge in [-0.05, 0) is 58.7 Å². The fourth-order valence-electron chi connectivity index (χ4n) is 1.91. The Balaban J connectivity index is 1.96. The van der Waals surface area contributed by atoms with Crippen molar-refractivity contribution < 1.29 is 19.1 Å². The summed E-state index contributed by atoms with van der Waals surface area (Å²) in [7, 11) is 1.31. The topological polar surface area (TPSA) is 64.6 Å². The molecule has 0 bridgehead atoms.